The third kappa shape index (κ3) is 4.45. The number of rotatable bonds is 3. The molecule has 0 radical (unpaired) electrons. The predicted molar refractivity (Wildman–Crippen MR) is 65.1 cm³/mol. The first-order valence-electron chi connectivity index (χ1n) is 5.56. The fourth-order valence-corrected chi connectivity index (χ4v) is 1.37. The summed E-state index contributed by atoms with van der Waals surface area (Å²) in [4.78, 5) is 22.6. The summed E-state index contributed by atoms with van der Waals surface area (Å²) in [5, 5.41) is 4.44. The lowest BCUT2D eigenvalue weighted by Crippen LogP contribution is -2.41. The van der Waals surface area contributed by atoms with E-state index in [-0.39, 0.29) is 5.69 Å². The Kier molecular flexibility index (Phi) is 4.95. The molecule has 0 unspecified atom stereocenters. The Hall–Kier alpha value is -2.25. The molecule has 20 heavy (non-hydrogen) atoms. The lowest BCUT2D eigenvalue weighted by Gasteiger charge is -2.13. The van der Waals surface area contributed by atoms with Crippen LogP contribution in [0.2, 0.25) is 0 Å². The fraction of sp³-hybridized carbons (Fsp3) is 0.333. The van der Waals surface area contributed by atoms with Crippen molar-refractivity contribution in [3.8, 4) is 0 Å². The van der Waals surface area contributed by atoms with Crippen molar-refractivity contribution in [2.45, 2.75) is 19.1 Å². The van der Waals surface area contributed by atoms with Crippen LogP contribution in [0, 0.1) is 0 Å². The minimum Gasteiger partial charge on any atom is -0.467 e. The summed E-state index contributed by atoms with van der Waals surface area (Å²) >= 11 is 0. The van der Waals surface area contributed by atoms with Gasteiger partial charge in [0.25, 0.3) is 0 Å². The molecule has 0 aliphatic carbocycles. The molecule has 0 fully saturated rings. The minimum absolute atomic E-state index is 0.0330. The number of benzene rings is 1. The number of carbonyl (C=O) groups excluding carboxylic acids is 2. The summed E-state index contributed by atoms with van der Waals surface area (Å²) in [7, 11) is 1.16. The van der Waals surface area contributed by atoms with Crippen molar-refractivity contribution >= 4 is 17.7 Å². The van der Waals surface area contributed by atoms with E-state index in [1.807, 2.05) is 0 Å². The Balaban J connectivity index is 2.69. The molecular weight excluding hydrogens is 277 g/mol. The van der Waals surface area contributed by atoms with E-state index in [1.165, 1.54) is 19.1 Å². The molecule has 110 valence electrons. The average molecular weight is 290 g/mol. The largest absolute Gasteiger partial charge is 0.467 e. The Morgan fingerprint density at radius 1 is 1.30 bits per heavy atom. The number of hydrogen-bond acceptors (Lipinski definition) is 3. The van der Waals surface area contributed by atoms with E-state index in [2.05, 4.69) is 15.4 Å². The standard InChI is InChI=1S/C12H13F3N2O3/c1-7(10(18)20-2)16-11(19)17-9-5-3-4-8(6-9)12(13,14)15/h3-7H,1-2H3,(H2,16,17,19)/t7-/m0/s1. The van der Waals surface area contributed by atoms with Crippen LogP contribution < -0.4 is 10.6 Å². The van der Waals surface area contributed by atoms with Crippen LogP contribution in [-0.2, 0) is 15.7 Å². The molecule has 0 aliphatic heterocycles. The Bertz CT molecular complexity index is 503. The summed E-state index contributed by atoms with van der Waals surface area (Å²) in [6.07, 6.45) is -4.49. The highest BCUT2D eigenvalue weighted by Crippen LogP contribution is 2.30. The van der Waals surface area contributed by atoms with Crippen molar-refractivity contribution in [3.63, 3.8) is 0 Å². The molecule has 0 saturated carbocycles. The number of nitrogens with one attached hydrogen (secondary N) is 2. The highest BCUT2D eigenvalue weighted by Gasteiger charge is 2.30. The highest BCUT2D eigenvalue weighted by atomic mass is 19.4. The van der Waals surface area contributed by atoms with Crippen LogP contribution in [0.25, 0.3) is 0 Å². The summed E-state index contributed by atoms with van der Waals surface area (Å²) in [5.74, 6) is -0.663. The van der Waals surface area contributed by atoms with Gasteiger partial charge < -0.3 is 15.4 Å². The van der Waals surface area contributed by atoms with E-state index >= 15 is 0 Å². The Morgan fingerprint density at radius 3 is 2.50 bits per heavy atom. The zero-order valence-corrected chi connectivity index (χ0v) is 10.7. The lowest BCUT2D eigenvalue weighted by molar-refractivity contribution is -0.142. The van der Waals surface area contributed by atoms with E-state index in [0.717, 1.165) is 19.2 Å². The van der Waals surface area contributed by atoms with Crippen LogP contribution >= 0.6 is 0 Å². The van der Waals surface area contributed by atoms with Gasteiger partial charge in [0.2, 0.25) is 0 Å². The van der Waals surface area contributed by atoms with Gasteiger partial charge in [-0.15, -0.1) is 0 Å². The van der Waals surface area contributed by atoms with Crippen LogP contribution in [0.1, 0.15) is 12.5 Å². The maximum absolute atomic E-state index is 12.5. The van der Waals surface area contributed by atoms with Gasteiger partial charge in [0.15, 0.2) is 0 Å². The monoisotopic (exact) mass is 290 g/mol. The molecule has 5 nitrogen and oxygen atoms in total. The van der Waals surface area contributed by atoms with Crippen molar-refractivity contribution in [1.29, 1.82) is 0 Å². The van der Waals surface area contributed by atoms with E-state index in [4.69, 9.17) is 0 Å². The minimum atomic E-state index is -4.49. The van der Waals surface area contributed by atoms with Gasteiger partial charge in [-0.05, 0) is 25.1 Å². The van der Waals surface area contributed by atoms with E-state index in [9.17, 15) is 22.8 Å². The van der Waals surface area contributed by atoms with Crippen molar-refractivity contribution in [2.24, 2.45) is 0 Å². The van der Waals surface area contributed by atoms with Gasteiger partial charge in [-0.2, -0.15) is 13.2 Å². The number of halogens is 3. The molecule has 8 heteroatoms. The van der Waals surface area contributed by atoms with Crippen molar-refractivity contribution in [1.82, 2.24) is 5.32 Å². The van der Waals surface area contributed by atoms with Gasteiger partial charge >= 0.3 is 18.2 Å². The molecule has 1 aromatic carbocycles. The van der Waals surface area contributed by atoms with Gasteiger partial charge in [0, 0.05) is 5.69 Å². The number of ether oxygens (including phenoxy) is 1. The van der Waals surface area contributed by atoms with Crippen LogP contribution in [0.3, 0.4) is 0 Å². The molecule has 0 bridgehead atoms. The van der Waals surface area contributed by atoms with Gasteiger partial charge in [-0.3, -0.25) is 0 Å². The summed E-state index contributed by atoms with van der Waals surface area (Å²) in [6.45, 7) is 1.39. The second-order valence-electron chi connectivity index (χ2n) is 3.92. The fourth-order valence-electron chi connectivity index (χ4n) is 1.37. The van der Waals surface area contributed by atoms with Crippen molar-refractivity contribution in [2.75, 3.05) is 12.4 Å². The van der Waals surface area contributed by atoms with Crippen LogP contribution in [0.4, 0.5) is 23.7 Å². The number of carbonyl (C=O) groups is 2. The normalized spacial score (nSPS) is 12.4. The summed E-state index contributed by atoms with van der Waals surface area (Å²) in [5.41, 5.74) is -0.911. The second-order valence-corrected chi connectivity index (χ2v) is 3.92. The average Bonchev–Trinajstić information content (AvgIpc) is 2.36. The molecule has 2 N–H and O–H groups in total. The molecule has 0 aromatic heterocycles. The third-order valence-electron chi connectivity index (χ3n) is 2.35. The number of amides is 2. The lowest BCUT2D eigenvalue weighted by atomic mass is 10.2. The quantitative estimate of drug-likeness (QED) is 0.840. The van der Waals surface area contributed by atoms with Gasteiger partial charge in [-0.25, -0.2) is 9.59 Å². The molecule has 1 atom stereocenters. The Morgan fingerprint density at radius 2 is 1.95 bits per heavy atom. The highest BCUT2D eigenvalue weighted by molar-refractivity contribution is 5.92. The van der Waals surface area contributed by atoms with E-state index in [1.54, 1.807) is 0 Å². The first-order chi connectivity index (χ1) is 9.24. The zero-order chi connectivity index (χ0) is 15.3. The van der Waals surface area contributed by atoms with Crippen LogP contribution in [0.5, 0.6) is 0 Å². The number of hydrogen-bond donors (Lipinski definition) is 2. The van der Waals surface area contributed by atoms with Gasteiger partial charge in [-0.1, -0.05) is 6.07 Å². The van der Waals surface area contributed by atoms with Gasteiger partial charge in [0.05, 0.1) is 12.7 Å². The van der Waals surface area contributed by atoms with Gasteiger partial charge in [0.1, 0.15) is 6.04 Å². The van der Waals surface area contributed by atoms with Crippen LogP contribution in [-0.4, -0.2) is 25.2 Å². The predicted octanol–water partition coefficient (Wildman–Crippen LogP) is 2.39. The number of anilines is 1. The SMILES string of the molecule is COC(=O)[C@H](C)NC(=O)Nc1cccc(C(F)(F)F)c1. The summed E-state index contributed by atoms with van der Waals surface area (Å²) < 4.78 is 41.8. The molecule has 1 rings (SSSR count). The maximum Gasteiger partial charge on any atom is 0.416 e. The number of urea groups is 1. The first kappa shape index (κ1) is 15.8. The van der Waals surface area contributed by atoms with Crippen molar-refractivity contribution in [3.05, 3.63) is 29.8 Å². The van der Waals surface area contributed by atoms with E-state index < -0.39 is 29.8 Å². The number of methoxy groups -OCH3 is 1. The molecular formula is C12H13F3N2O3. The van der Waals surface area contributed by atoms with E-state index in [0.29, 0.717) is 0 Å². The molecule has 0 aliphatic rings. The molecule has 0 heterocycles. The first-order valence-corrected chi connectivity index (χ1v) is 5.56. The third-order valence-corrected chi connectivity index (χ3v) is 2.35. The topological polar surface area (TPSA) is 67.4 Å². The summed E-state index contributed by atoms with van der Waals surface area (Å²) in [6, 6.07) is 2.44. The Labute approximate surface area is 113 Å². The smallest absolute Gasteiger partial charge is 0.416 e. The maximum atomic E-state index is 12.5. The number of alkyl halides is 3. The molecule has 2 amide bonds. The van der Waals surface area contributed by atoms with Crippen LogP contribution in [0.15, 0.2) is 24.3 Å². The number of esters is 1. The molecule has 1 aromatic rings. The second kappa shape index (κ2) is 6.27. The zero-order valence-electron chi connectivity index (χ0n) is 10.7. The molecule has 0 spiro atoms. The van der Waals surface area contributed by atoms with Crippen molar-refractivity contribution < 1.29 is 27.5 Å². The molecule has 0 saturated heterocycles.